The average Bonchev–Trinajstić information content (AvgIpc) is 3.51. The number of hydrogen-bond donors (Lipinski definition) is 0. The van der Waals surface area contributed by atoms with Gasteiger partial charge in [-0.25, -0.2) is 4.98 Å². The van der Waals surface area contributed by atoms with Gasteiger partial charge in [0.05, 0.1) is 25.3 Å². The normalized spacial score (nSPS) is 14.5. The van der Waals surface area contributed by atoms with Gasteiger partial charge in [-0.1, -0.05) is 60.7 Å². The second-order valence-electron chi connectivity index (χ2n) is 9.56. The molecule has 38 heavy (non-hydrogen) atoms. The lowest BCUT2D eigenvalue weighted by Gasteiger charge is -2.15. The minimum Gasteiger partial charge on any atom is -0.493 e. The molecule has 5 heteroatoms. The fraction of sp³-hybridized carbons (Fsp3) is 0.273. The molecule has 1 heterocycles. The summed E-state index contributed by atoms with van der Waals surface area (Å²) in [5.74, 6) is 2.33. The number of fused-ring (bicyclic) bond motifs is 1. The van der Waals surface area contributed by atoms with Crippen molar-refractivity contribution in [3.8, 4) is 17.2 Å². The fourth-order valence-electron chi connectivity index (χ4n) is 5.00. The summed E-state index contributed by atoms with van der Waals surface area (Å²) >= 11 is 0. The summed E-state index contributed by atoms with van der Waals surface area (Å²) in [7, 11) is 0. The van der Waals surface area contributed by atoms with Crippen molar-refractivity contribution in [3.63, 3.8) is 0 Å². The maximum atomic E-state index is 12.2. The van der Waals surface area contributed by atoms with Crippen LogP contribution in [0.15, 0.2) is 77.2 Å². The number of rotatable bonds is 10. The minimum atomic E-state index is -0.134. The van der Waals surface area contributed by atoms with Crippen molar-refractivity contribution < 1.29 is 18.7 Å². The summed E-state index contributed by atoms with van der Waals surface area (Å²) in [6.45, 7) is 4.69. The number of hydrogen-bond acceptors (Lipinski definition) is 5. The molecule has 0 aliphatic heterocycles. The van der Waals surface area contributed by atoms with Crippen LogP contribution in [-0.4, -0.2) is 24.2 Å². The highest BCUT2D eigenvalue weighted by molar-refractivity contribution is 5.75. The third kappa shape index (κ3) is 6.05. The molecule has 0 bridgehead atoms. The van der Waals surface area contributed by atoms with Crippen molar-refractivity contribution in [2.75, 3.05) is 13.2 Å². The zero-order valence-electron chi connectivity index (χ0n) is 22.0. The predicted octanol–water partition coefficient (Wildman–Crippen LogP) is 7.42. The fourth-order valence-corrected chi connectivity index (χ4v) is 5.00. The molecule has 1 atom stereocenters. The molecule has 0 saturated heterocycles. The Morgan fingerprint density at radius 1 is 1.05 bits per heavy atom. The number of nitrogens with zero attached hydrogens (tertiary/aromatic N) is 1. The summed E-state index contributed by atoms with van der Waals surface area (Å²) < 4.78 is 17.5. The van der Waals surface area contributed by atoms with E-state index in [1.807, 2.05) is 62.4 Å². The standard InChI is InChI=1S/C33H33NO4/c1-3-36-32(35)22-27-17-16-26-21-31(28(20-29(26)27)15-14-24-10-6-4-7-11-24)37-19-18-30-23(2)38-33(34-30)25-12-8-5-9-13-25/h4-15,20-21,27H,3,16-19,22H2,1-2H3/b15-14-/t27-/m0/s1. The van der Waals surface area contributed by atoms with E-state index in [0.717, 1.165) is 46.7 Å². The van der Waals surface area contributed by atoms with Crippen molar-refractivity contribution in [1.29, 1.82) is 0 Å². The van der Waals surface area contributed by atoms with E-state index in [1.165, 1.54) is 11.1 Å². The molecule has 5 rings (SSSR count). The smallest absolute Gasteiger partial charge is 0.306 e. The SMILES string of the molecule is CCOC(=O)C[C@@H]1CCc2cc(OCCc3nc(-c4ccccc4)oc3C)c(/C=C\c3ccccc3)cc21. The third-order valence-electron chi connectivity index (χ3n) is 6.96. The van der Waals surface area contributed by atoms with Crippen LogP contribution in [0.25, 0.3) is 23.6 Å². The molecular weight excluding hydrogens is 474 g/mol. The van der Waals surface area contributed by atoms with E-state index >= 15 is 0 Å². The molecule has 0 fully saturated rings. The van der Waals surface area contributed by atoms with Gasteiger partial charge in [-0.15, -0.1) is 0 Å². The van der Waals surface area contributed by atoms with E-state index in [1.54, 1.807) is 0 Å². The molecule has 0 amide bonds. The first-order valence-corrected chi connectivity index (χ1v) is 13.3. The molecule has 0 saturated carbocycles. The number of carbonyl (C=O) groups is 1. The molecule has 4 aromatic rings. The molecule has 1 aliphatic rings. The Hall–Kier alpha value is -4.12. The monoisotopic (exact) mass is 507 g/mol. The lowest BCUT2D eigenvalue weighted by Crippen LogP contribution is -2.09. The predicted molar refractivity (Wildman–Crippen MR) is 150 cm³/mol. The van der Waals surface area contributed by atoms with Gasteiger partial charge in [0.15, 0.2) is 0 Å². The second-order valence-corrected chi connectivity index (χ2v) is 9.56. The van der Waals surface area contributed by atoms with Gasteiger partial charge >= 0.3 is 5.97 Å². The quantitative estimate of drug-likeness (QED) is 0.165. The van der Waals surface area contributed by atoms with Gasteiger partial charge in [0.2, 0.25) is 5.89 Å². The summed E-state index contributed by atoms with van der Waals surface area (Å²) in [6, 6.07) is 24.5. The number of carbonyl (C=O) groups excluding carboxylic acids is 1. The number of oxazole rings is 1. The molecule has 1 aromatic heterocycles. The van der Waals surface area contributed by atoms with Gasteiger partial charge in [0.25, 0.3) is 0 Å². The Labute approximate surface area is 224 Å². The topological polar surface area (TPSA) is 61.6 Å². The lowest BCUT2D eigenvalue weighted by molar-refractivity contribution is -0.143. The van der Waals surface area contributed by atoms with Gasteiger partial charge in [-0.05, 0) is 73.6 Å². The van der Waals surface area contributed by atoms with Gasteiger partial charge in [-0.2, -0.15) is 0 Å². The van der Waals surface area contributed by atoms with E-state index in [0.29, 0.717) is 31.9 Å². The molecule has 0 spiro atoms. The van der Waals surface area contributed by atoms with Crippen molar-refractivity contribution in [2.24, 2.45) is 0 Å². The maximum Gasteiger partial charge on any atom is 0.306 e. The molecule has 1 aliphatic carbocycles. The van der Waals surface area contributed by atoms with Crippen LogP contribution in [0.5, 0.6) is 5.75 Å². The van der Waals surface area contributed by atoms with Gasteiger partial charge < -0.3 is 13.9 Å². The van der Waals surface area contributed by atoms with Gasteiger partial charge in [0.1, 0.15) is 11.5 Å². The zero-order chi connectivity index (χ0) is 26.3. The van der Waals surface area contributed by atoms with Gasteiger partial charge in [-0.3, -0.25) is 4.79 Å². The first-order chi connectivity index (χ1) is 18.6. The molecular formula is C33H33NO4. The molecule has 194 valence electrons. The number of aryl methyl sites for hydroxylation is 2. The maximum absolute atomic E-state index is 12.2. The number of aromatic nitrogens is 1. The van der Waals surface area contributed by atoms with E-state index in [4.69, 9.17) is 18.9 Å². The summed E-state index contributed by atoms with van der Waals surface area (Å²) in [6.07, 6.45) is 7.13. The summed E-state index contributed by atoms with van der Waals surface area (Å²) in [4.78, 5) is 16.9. The van der Waals surface area contributed by atoms with E-state index < -0.39 is 0 Å². The highest BCUT2D eigenvalue weighted by Crippen LogP contribution is 2.40. The van der Waals surface area contributed by atoms with Crippen molar-refractivity contribution in [2.45, 2.75) is 45.4 Å². The molecule has 3 aromatic carbocycles. The van der Waals surface area contributed by atoms with Crippen LogP contribution in [0, 0.1) is 6.92 Å². The summed E-state index contributed by atoms with van der Waals surface area (Å²) in [5, 5.41) is 0. The molecule has 0 radical (unpaired) electrons. The van der Waals surface area contributed by atoms with Crippen LogP contribution in [0.2, 0.25) is 0 Å². The third-order valence-corrected chi connectivity index (χ3v) is 6.96. The first-order valence-electron chi connectivity index (χ1n) is 13.3. The van der Waals surface area contributed by atoms with Crippen LogP contribution >= 0.6 is 0 Å². The minimum absolute atomic E-state index is 0.134. The Kier molecular flexibility index (Phi) is 8.03. The highest BCUT2D eigenvalue weighted by Gasteiger charge is 2.27. The van der Waals surface area contributed by atoms with Crippen molar-refractivity contribution >= 4 is 18.1 Å². The van der Waals surface area contributed by atoms with Crippen LogP contribution in [0.1, 0.15) is 59.4 Å². The molecule has 0 unspecified atom stereocenters. The Bertz CT molecular complexity index is 1410. The Balaban J connectivity index is 1.35. The zero-order valence-corrected chi connectivity index (χ0v) is 22.0. The van der Waals surface area contributed by atoms with E-state index in [2.05, 4.69) is 36.4 Å². The van der Waals surface area contributed by atoms with Crippen molar-refractivity contribution in [1.82, 2.24) is 4.98 Å². The second kappa shape index (κ2) is 12.0. The first kappa shape index (κ1) is 25.5. The van der Waals surface area contributed by atoms with Crippen molar-refractivity contribution in [3.05, 3.63) is 107 Å². The molecule has 0 N–H and O–H groups in total. The van der Waals surface area contributed by atoms with Gasteiger partial charge in [0, 0.05) is 17.5 Å². The van der Waals surface area contributed by atoms with E-state index in [9.17, 15) is 4.79 Å². The summed E-state index contributed by atoms with van der Waals surface area (Å²) in [5.41, 5.74) is 6.46. The van der Waals surface area contributed by atoms with Crippen LogP contribution in [0.4, 0.5) is 0 Å². The highest BCUT2D eigenvalue weighted by atomic mass is 16.5. The lowest BCUT2D eigenvalue weighted by atomic mass is 9.95. The Morgan fingerprint density at radius 2 is 1.82 bits per heavy atom. The molecule has 5 nitrogen and oxygen atoms in total. The Morgan fingerprint density at radius 3 is 2.58 bits per heavy atom. The largest absolute Gasteiger partial charge is 0.493 e. The average molecular weight is 508 g/mol. The van der Waals surface area contributed by atoms with Crippen LogP contribution < -0.4 is 4.74 Å². The van der Waals surface area contributed by atoms with E-state index in [-0.39, 0.29) is 11.9 Å². The van der Waals surface area contributed by atoms with Crippen LogP contribution in [0.3, 0.4) is 0 Å². The number of benzene rings is 3. The van der Waals surface area contributed by atoms with Crippen LogP contribution in [-0.2, 0) is 22.4 Å². The number of ether oxygens (including phenoxy) is 2. The number of esters is 1.